The molecular formula is C24H24N2. The van der Waals surface area contributed by atoms with Crippen LogP contribution in [0.4, 0.5) is 17.2 Å². The fourth-order valence-corrected chi connectivity index (χ4v) is 4.84. The van der Waals surface area contributed by atoms with Crippen molar-refractivity contribution in [3.8, 4) is 0 Å². The summed E-state index contributed by atoms with van der Waals surface area (Å²) in [6.45, 7) is 11.5. The lowest BCUT2D eigenvalue weighted by Gasteiger charge is -2.48. The van der Waals surface area contributed by atoms with E-state index in [2.05, 4.69) is 88.0 Å². The first-order valence-corrected chi connectivity index (χ1v) is 9.34. The van der Waals surface area contributed by atoms with Crippen molar-refractivity contribution in [1.82, 2.24) is 4.98 Å². The summed E-state index contributed by atoms with van der Waals surface area (Å²) in [7, 11) is 0. The summed E-state index contributed by atoms with van der Waals surface area (Å²) in [6.07, 6.45) is 1.91. The molecule has 2 aromatic carbocycles. The van der Waals surface area contributed by atoms with E-state index in [0.29, 0.717) is 0 Å². The average Bonchev–Trinajstić information content (AvgIpc) is 2.61. The van der Waals surface area contributed by atoms with Gasteiger partial charge in [0.2, 0.25) is 0 Å². The predicted octanol–water partition coefficient (Wildman–Crippen LogP) is 6.14. The molecule has 0 spiro atoms. The first-order chi connectivity index (χ1) is 12.3. The smallest absolute Gasteiger partial charge is 0.141 e. The monoisotopic (exact) mass is 340 g/mol. The normalized spacial score (nSPS) is 18.0. The lowest BCUT2D eigenvalue weighted by molar-refractivity contribution is 0.594. The van der Waals surface area contributed by atoms with Crippen LogP contribution in [0.5, 0.6) is 0 Å². The van der Waals surface area contributed by atoms with E-state index in [1.807, 2.05) is 6.20 Å². The second-order valence-electron chi connectivity index (χ2n) is 8.68. The third kappa shape index (κ3) is 1.74. The highest BCUT2D eigenvalue weighted by Gasteiger charge is 2.45. The maximum absolute atomic E-state index is 4.84. The van der Waals surface area contributed by atoms with Crippen LogP contribution in [0.25, 0.3) is 0 Å². The first-order valence-electron chi connectivity index (χ1n) is 9.34. The Morgan fingerprint density at radius 2 is 1.42 bits per heavy atom. The number of aryl methyl sites for hydroxylation is 1. The van der Waals surface area contributed by atoms with Gasteiger partial charge in [-0.3, -0.25) is 4.90 Å². The number of aromatic nitrogens is 1. The topological polar surface area (TPSA) is 16.1 Å². The molecule has 130 valence electrons. The molecule has 0 unspecified atom stereocenters. The summed E-state index contributed by atoms with van der Waals surface area (Å²) in [5.41, 5.74) is 9.20. The fourth-order valence-electron chi connectivity index (χ4n) is 4.84. The lowest BCUT2D eigenvalue weighted by atomic mass is 9.67. The van der Waals surface area contributed by atoms with Crippen LogP contribution >= 0.6 is 0 Å². The number of rotatable bonds is 0. The Kier molecular flexibility index (Phi) is 2.86. The average molecular weight is 340 g/mol. The Balaban J connectivity index is 1.97. The van der Waals surface area contributed by atoms with Crippen molar-refractivity contribution in [2.75, 3.05) is 4.90 Å². The van der Waals surface area contributed by atoms with Gasteiger partial charge < -0.3 is 0 Å². The molecular weight excluding hydrogens is 316 g/mol. The van der Waals surface area contributed by atoms with E-state index in [4.69, 9.17) is 4.98 Å². The van der Waals surface area contributed by atoms with Crippen molar-refractivity contribution in [2.45, 2.75) is 45.4 Å². The molecule has 0 saturated heterocycles. The van der Waals surface area contributed by atoms with Gasteiger partial charge in [0.1, 0.15) is 5.82 Å². The van der Waals surface area contributed by atoms with Crippen LogP contribution in [-0.2, 0) is 10.8 Å². The van der Waals surface area contributed by atoms with Gasteiger partial charge in [-0.15, -0.1) is 0 Å². The number of anilines is 3. The van der Waals surface area contributed by atoms with Crippen molar-refractivity contribution in [2.24, 2.45) is 0 Å². The molecule has 0 radical (unpaired) electrons. The zero-order valence-corrected chi connectivity index (χ0v) is 16.1. The molecule has 2 heteroatoms. The van der Waals surface area contributed by atoms with E-state index in [1.54, 1.807) is 0 Å². The van der Waals surface area contributed by atoms with Gasteiger partial charge in [-0.25, -0.2) is 4.98 Å². The predicted molar refractivity (Wildman–Crippen MR) is 108 cm³/mol. The van der Waals surface area contributed by atoms with Gasteiger partial charge in [0, 0.05) is 22.6 Å². The van der Waals surface area contributed by atoms with Crippen LogP contribution in [0, 0.1) is 6.92 Å². The van der Waals surface area contributed by atoms with Crippen LogP contribution in [0.3, 0.4) is 0 Å². The Morgan fingerprint density at radius 3 is 2.15 bits per heavy atom. The molecule has 5 rings (SSSR count). The van der Waals surface area contributed by atoms with E-state index in [9.17, 15) is 0 Å². The van der Waals surface area contributed by atoms with Gasteiger partial charge in [0.05, 0.1) is 11.4 Å². The molecule has 0 amide bonds. The molecule has 0 aliphatic carbocycles. The van der Waals surface area contributed by atoms with Crippen molar-refractivity contribution in [3.63, 3.8) is 0 Å². The molecule has 3 heterocycles. The van der Waals surface area contributed by atoms with E-state index < -0.39 is 0 Å². The second kappa shape index (κ2) is 4.76. The van der Waals surface area contributed by atoms with Gasteiger partial charge in [-0.2, -0.15) is 0 Å². The Morgan fingerprint density at radius 1 is 0.769 bits per heavy atom. The highest BCUT2D eigenvalue weighted by Crippen LogP contribution is 2.59. The third-order valence-electron chi connectivity index (χ3n) is 6.35. The Hall–Kier alpha value is -2.61. The van der Waals surface area contributed by atoms with E-state index >= 15 is 0 Å². The second-order valence-corrected chi connectivity index (χ2v) is 8.68. The number of nitrogens with zero attached hydrogens (tertiary/aromatic N) is 2. The summed E-state index contributed by atoms with van der Waals surface area (Å²) in [5, 5.41) is 0. The van der Waals surface area contributed by atoms with Crippen LogP contribution in [0.2, 0.25) is 0 Å². The molecule has 2 aliphatic rings. The van der Waals surface area contributed by atoms with Gasteiger partial charge in [0.25, 0.3) is 0 Å². The molecule has 0 N–H and O–H groups in total. The van der Waals surface area contributed by atoms with Crippen molar-refractivity contribution >= 4 is 17.2 Å². The van der Waals surface area contributed by atoms with Crippen LogP contribution in [-0.4, -0.2) is 4.98 Å². The Labute approximate surface area is 155 Å². The maximum Gasteiger partial charge on any atom is 0.141 e. The maximum atomic E-state index is 4.84. The van der Waals surface area contributed by atoms with Crippen molar-refractivity contribution in [3.05, 3.63) is 82.5 Å². The number of hydrogen-bond acceptors (Lipinski definition) is 2. The van der Waals surface area contributed by atoms with Gasteiger partial charge in [-0.1, -0.05) is 64.1 Å². The van der Waals surface area contributed by atoms with E-state index in [0.717, 1.165) is 5.82 Å². The molecule has 0 bridgehead atoms. The summed E-state index contributed by atoms with van der Waals surface area (Å²) < 4.78 is 0. The highest BCUT2D eigenvalue weighted by molar-refractivity contribution is 5.91. The fraction of sp³-hybridized carbons (Fsp3) is 0.292. The molecule has 0 fully saturated rings. The van der Waals surface area contributed by atoms with Crippen molar-refractivity contribution in [1.29, 1.82) is 0 Å². The molecule has 26 heavy (non-hydrogen) atoms. The van der Waals surface area contributed by atoms with Gasteiger partial charge in [-0.05, 0) is 41.3 Å². The molecule has 0 saturated carbocycles. The number of benzene rings is 2. The van der Waals surface area contributed by atoms with Crippen LogP contribution in [0.15, 0.2) is 54.7 Å². The highest BCUT2D eigenvalue weighted by atomic mass is 15.2. The summed E-state index contributed by atoms with van der Waals surface area (Å²) >= 11 is 0. The zero-order valence-electron chi connectivity index (χ0n) is 16.1. The molecule has 2 nitrogen and oxygen atoms in total. The summed E-state index contributed by atoms with van der Waals surface area (Å²) in [5.74, 6) is 1.07. The van der Waals surface area contributed by atoms with Crippen LogP contribution in [0.1, 0.15) is 55.5 Å². The molecule has 3 aromatic rings. The van der Waals surface area contributed by atoms with Gasteiger partial charge in [0.15, 0.2) is 0 Å². The van der Waals surface area contributed by atoms with E-state index in [1.165, 1.54) is 39.2 Å². The number of pyridine rings is 1. The quantitative estimate of drug-likeness (QED) is 0.489. The number of hydrogen-bond donors (Lipinski definition) is 0. The molecule has 1 aromatic heterocycles. The first kappa shape index (κ1) is 15.6. The SMILES string of the molecule is Cc1ccc2c(c1)N1c3ncccc3C(C)(C)c3cccc(c31)C2(C)C. The zero-order chi connectivity index (χ0) is 18.3. The van der Waals surface area contributed by atoms with Crippen molar-refractivity contribution < 1.29 is 0 Å². The standard InChI is InChI=1S/C24H24N2/c1-15-11-12-16-20(14-15)26-21-17(23(16,2)3)8-6-9-18(21)24(4,5)19-10-7-13-25-22(19)26/h6-14H,1-5H3. The van der Waals surface area contributed by atoms with E-state index in [-0.39, 0.29) is 10.8 Å². The third-order valence-corrected chi connectivity index (χ3v) is 6.35. The van der Waals surface area contributed by atoms with Crippen LogP contribution < -0.4 is 4.90 Å². The molecule has 0 atom stereocenters. The Bertz CT molecular complexity index is 1050. The minimum Gasteiger partial charge on any atom is -0.294 e. The summed E-state index contributed by atoms with van der Waals surface area (Å²) in [6, 6.07) is 17.9. The minimum atomic E-state index is -0.0666. The number of fused-ring (bicyclic) bond motifs is 4. The minimum absolute atomic E-state index is 0.0345. The molecule has 2 aliphatic heterocycles. The largest absolute Gasteiger partial charge is 0.294 e. The lowest BCUT2D eigenvalue weighted by Crippen LogP contribution is -2.38. The van der Waals surface area contributed by atoms with Gasteiger partial charge >= 0.3 is 0 Å². The number of para-hydroxylation sites is 1. The summed E-state index contributed by atoms with van der Waals surface area (Å²) in [4.78, 5) is 7.24.